The lowest BCUT2D eigenvalue weighted by atomic mass is 9.84. The molecule has 1 saturated carbocycles. The molecule has 2 nitrogen and oxygen atoms in total. The predicted octanol–water partition coefficient (Wildman–Crippen LogP) is 5.92. The highest BCUT2D eigenvalue weighted by molar-refractivity contribution is 6.74. The molecule has 136 valence electrons. The summed E-state index contributed by atoms with van der Waals surface area (Å²) < 4.78 is 6.75. The first-order chi connectivity index (χ1) is 10.3. The van der Waals surface area contributed by atoms with Gasteiger partial charge in [0.2, 0.25) is 0 Å². The molecule has 0 spiro atoms. The minimum absolute atomic E-state index is 0.120. The summed E-state index contributed by atoms with van der Waals surface area (Å²) in [4.78, 5) is 0. The fourth-order valence-corrected chi connectivity index (χ4v) is 4.08. The van der Waals surface area contributed by atoms with Crippen LogP contribution < -0.4 is 0 Å². The van der Waals surface area contributed by atoms with Crippen molar-refractivity contribution in [2.75, 3.05) is 0 Å². The number of hydrogen-bond donors (Lipinski definition) is 1. The summed E-state index contributed by atoms with van der Waals surface area (Å²) in [6, 6.07) is 0. The first kappa shape index (κ1) is 20.9. The maximum absolute atomic E-state index is 10.4. The molecule has 0 unspecified atom stereocenters. The van der Waals surface area contributed by atoms with Crippen molar-refractivity contribution in [1.82, 2.24) is 0 Å². The predicted molar refractivity (Wildman–Crippen MR) is 103 cm³/mol. The molecule has 0 radical (unpaired) electrons. The Morgan fingerprint density at radius 3 is 1.91 bits per heavy atom. The minimum Gasteiger partial charge on any atom is -0.410 e. The van der Waals surface area contributed by atoms with Crippen LogP contribution >= 0.6 is 0 Å². The minimum atomic E-state index is -1.80. The first-order valence-electron chi connectivity index (χ1n) is 9.39. The highest BCUT2D eigenvalue weighted by atomic mass is 28.4. The van der Waals surface area contributed by atoms with Gasteiger partial charge in [-0.25, -0.2) is 0 Å². The molecule has 0 heterocycles. The van der Waals surface area contributed by atoms with E-state index in [4.69, 9.17) is 4.43 Å². The molecule has 0 bridgehead atoms. The zero-order valence-corrected chi connectivity index (χ0v) is 17.8. The highest BCUT2D eigenvalue weighted by Crippen LogP contribution is 2.40. The van der Waals surface area contributed by atoms with E-state index in [1.807, 2.05) is 6.08 Å². The van der Waals surface area contributed by atoms with Crippen LogP contribution in [0, 0.1) is 11.3 Å². The fourth-order valence-electron chi connectivity index (χ4n) is 2.78. The fraction of sp³-hybridized carbons (Fsp3) is 0.900. The third-order valence-corrected chi connectivity index (χ3v) is 10.2. The molecule has 23 heavy (non-hydrogen) atoms. The third-order valence-electron chi connectivity index (χ3n) is 5.72. The molecular formula is C20H40O2Si. The maximum atomic E-state index is 10.4. The Labute approximate surface area is 145 Å². The molecule has 1 aliphatic carbocycles. The van der Waals surface area contributed by atoms with Crippen molar-refractivity contribution in [3.63, 3.8) is 0 Å². The van der Waals surface area contributed by atoms with Crippen molar-refractivity contribution in [1.29, 1.82) is 0 Å². The van der Waals surface area contributed by atoms with Crippen LogP contribution in [0.1, 0.15) is 73.6 Å². The number of hydrogen-bond acceptors (Lipinski definition) is 2. The molecule has 0 aromatic rings. The smallest absolute Gasteiger partial charge is 0.192 e. The topological polar surface area (TPSA) is 29.5 Å². The normalized spacial score (nSPS) is 21.6. The van der Waals surface area contributed by atoms with Gasteiger partial charge in [0.25, 0.3) is 0 Å². The van der Waals surface area contributed by atoms with E-state index >= 15 is 0 Å². The van der Waals surface area contributed by atoms with E-state index < -0.39 is 14.4 Å². The number of aliphatic hydroxyl groups is 1. The van der Waals surface area contributed by atoms with Crippen molar-refractivity contribution in [2.45, 2.75) is 104 Å². The Balaban J connectivity index is 2.91. The maximum Gasteiger partial charge on any atom is 0.192 e. The molecule has 1 N–H and O–H groups in total. The van der Waals surface area contributed by atoms with Crippen molar-refractivity contribution >= 4 is 8.32 Å². The second-order valence-electron chi connectivity index (χ2n) is 9.94. The lowest BCUT2D eigenvalue weighted by molar-refractivity contribution is 0.0996. The number of rotatable bonds is 5. The Kier molecular flexibility index (Phi) is 7.13. The molecule has 0 amide bonds. The average molecular weight is 341 g/mol. The van der Waals surface area contributed by atoms with E-state index in [9.17, 15) is 5.11 Å². The van der Waals surface area contributed by atoms with Crippen LogP contribution in [0.5, 0.6) is 0 Å². The van der Waals surface area contributed by atoms with Crippen molar-refractivity contribution in [3.8, 4) is 0 Å². The molecule has 1 fully saturated rings. The van der Waals surface area contributed by atoms with Crippen molar-refractivity contribution in [3.05, 3.63) is 12.2 Å². The largest absolute Gasteiger partial charge is 0.410 e. The standard InChI is InChI=1S/C20H40O2Si/c1-19(2,3)18(21)15-14-17(16-12-10-9-11-13-16)22-23(7,8)20(4,5)6/h14-18,21H,9-13H2,1-8H3/b15-14+/t17-,18-/m0/s1. The van der Waals surface area contributed by atoms with Gasteiger partial charge < -0.3 is 9.53 Å². The summed E-state index contributed by atoms with van der Waals surface area (Å²) in [6.07, 6.45) is 10.4. The van der Waals surface area contributed by atoms with Crippen LogP contribution in [0.3, 0.4) is 0 Å². The summed E-state index contributed by atoms with van der Waals surface area (Å²) in [5, 5.41) is 10.6. The summed E-state index contributed by atoms with van der Waals surface area (Å²) in [7, 11) is -1.80. The summed E-state index contributed by atoms with van der Waals surface area (Å²) in [5.74, 6) is 0.612. The van der Waals surface area contributed by atoms with Gasteiger partial charge in [0.05, 0.1) is 12.2 Å². The second kappa shape index (κ2) is 7.84. The quantitative estimate of drug-likeness (QED) is 0.497. The van der Waals surface area contributed by atoms with Crippen LogP contribution in [0.4, 0.5) is 0 Å². The van der Waals surface area contributed by atoms with Crippen LogP contribution in [0.15, 0.2) is 12.2 Å². The summed E-state index contributed by atoms with van der Waals surface area (Å²) >= 11 is 0. The molecule has 3 heteroatoms. The molecule has 0 saturated heterocycles. The van der Waals surface area contributed by atoms with Gasteiger partial charge in [0, 0.05) is 0 Å². The third kappa shape index (κ3) is 6.36. The molecule has 1 rings (SSSR count). The molecule has 1 aliphatic rings. The highest BCUT2D eigenvalue weighted by Gasteiger charge is 2.40. The van der Waals surface area contributed by atoms with Gasteiger partial charge in [-0.05, 0) is 42.3 Å². The van der Waals surface area contributed by atoms with E-state index in [0.29, 0.717) is 5.92 Å². The van der Waals surface area contributed by atoms with Crippen molar-refractivity contribution in [2.24, 2.45) is 11.3 Å². The van der Waals surface area contributed by atoms with E-state index in [-0.39, 0.29) is 16.6 Å². The molecular weight excluding hydrogens is 300 g/mol. The van der Waals surface area contributed by atoms with Crippen LogP contribution in [-0.2, 0) is 4.43 Å². The van der Waals surface area contributed by atoms with Crippen LogP contribution in [0.25, 0.3) is 0 Å². The van der Waals surface area contributed by atoms with E-state index in [1.165, 1.54) is 32.1 Å². The van der Waals surface area contributed by atoms with Crippen molar-refractivity contribution < 1.29 is 9.53 Å². The lowest BCUT2D eigenvalue weighted by Gasteiger charge is -2.41. The molecule has 2 atom stereocenters. The average Bonchev–Trinajstić information content (AvgIpc) is 2.41. The Hall–Kier alpha value is -0.123. The van der Waals surface area contributed by atoms with E-state index in [2.05, 4.69) is 60.7 Å². The Morgan fingerprint density at radius 1 is 0.957 bits per heavy atom. The summed E-state index contributed by atoms with van der Waals surface area (Å²) in [5.41, 5.74) is -0.120. The van der Waals surface area contributed by atoms with Gasteiger partial charge in [0.15, 0.2) is 8.32 Å². The van der Waals surface area contributed by atoms with Gasteiger partial charge in [-0.15, -0.1) is 0 Å². The molecule has 0 aromatic carbocycles. The molecule has 0 aromatic heterocycles. The van der Waals surface area contributed by atoms with E-state index in [0.717, 1.165) is 0 Å². The van der Waals surface area contributed by atoms with Gasteiger partial charge in [-0.3, -0.25) is 0 Å². The monoisotopic (exact) mass is 340 g/mol. The lowest BCUT2D eigenvalue weighted by Crippen LogP contribution is -2.45. The van der Waals surface area contributed by atoms with E-state index in [1.54, 1.807) is 0 Å². The van der Waals surface area contributed by atoms with Gasteiger partial charge in [-0.2, -0.15) is 0 Å². The Morgan fingerprint density at radius 2 is 1.48 bits per heavy atom. The van der Waals surface area contributed by atoms with Gasteiger partial charge in [0.1, 0.15) is 0 Å². The zero-order valence-electron chi connectivity index (χ0n) is 16.8. The van der Waals surface area contributed by atoms with Gasteiger partial charge >= 0.3 is 0 Å². The van der Waals surface area contributed by atoms with Crippen LogP contribution in [0.2, 0.25) is 18.1 Å². The number of aliphatic hydroxyl groups excluding tert-OH is 1. The first-order valence-corrected chi connectivity index (χ1v) is 12.3. The second-order valence-corrected chi connectivity index (χ2v) is 14.7. The zero-order chi connectivity index (χ0) is 17.9. The summed E-state index contributed by atoms with van der Waals surface area (Å²) in [6.45, 7) is 17.8. The van der Waals surface area contributed by atoms with Gasteiger partial charge in [-0.1, -0.05) is 73.0 Å². The molecule has 0 aliphatic heterocycles. The SMILES string of the molecule is CC(C)(C)[C@@H](O)/C=C/[C@H](O[Si](C)(C)C(C)(C)C)C1CCCCC1. The Bertz CT molecular complexity index is 381. The van der Waals surface area contributed by atoms with Crippen LogP contribution in [-0.4, -0.2) is 25.6 Å².